The predicted molar refractivity (Wildman–Crippen MR) is 90.5 cm³/mol. The first kappa shape index (κ1) is 17.0. The van der Waals surface area contributed by atoms with E-state index in [1.165, 1.54) is 11.1 Å². The third kappa shape index (κ3) is 4.08. The second-order valence-corrected chi connectivity index (χ2v) is 7.43. The summed E-state index contributed by atoms with van der Waals surface area (Å²) in [7, 11) is 0. The molecule has 2 rings (SSSR count). The van der Waals surface area contributed by atoms with Crippen LogP contribution in [-0.2, 0) is 17.8 Å². The fourth-order valence-electron chi connectivity index (χ4n) is 2.77. The van der Waals surface area contributed by atoms with Crippen LogP contribution in [0.4, 0.5) is 0 Å². The minimum Gasteiger partial charge on any atom is -0.353 e. The third-order valence-corrected chi connectivity index (χ3v) is 4.57. The van der Waals surface area contributed by atoms with Crippen molar-refractivity contribution in [1.29, 1.82) is 0 Å². The number of hydrogen-bond acceptors (Lipinski definition) is 3. The minimum absolute atomic E-state index is 0.0586. The van der Waals surface area contributed by atoms with Crippen molar-refractivity contribution in [2.75, 3.05) is 13.1 Å². The molecule has 0 radical (unpaired) electrons. The maximum absolute atomic E-state index is 12.1. The Hall–Kier alpha value is -1.39. The van der Waals surface area contributed by atoms with E-state index in [1.54, 1.807) is 0 Å². The van der Waals surface area contributed by atoms with E-state index >= 15 is 0 Å². The third-order valence-electron chi connectivity index (χ3n) is 4.57. The van der Waals surface area contributed by atoms with E-state index < -0.39 is 6.04 Å². The Morgan fingerprint density at radius 1 is 1.32 bits per heavy atom. The van der Waals surface area contributed by atoms with Gasteiger partial charge in [-0.3, -0.25) is 9.69 Å². The van der Waals surface area contributed by atoms with Crippen LogP contribution in [0.2, 0.25) is 0 Å². The van der Waals surface area contributed by atoms with Crippen molar-refractivity contribution in [2.45, 2.75) is 52.7 Å². The summed E-state index contributed by atoms with van der Waals surface area (Å²) in [5.74, 6) is -0.0586. The smallest absolute Gasteiger partial charge is 0.237 e. The van der Waals surface area contributed by atoms with Crippen molar-refractivity contribution in [3.63, 3.8) is 0 Å². The Balaban J connectivity index is 1.86. The van der Waals surface area contributed by atoms with Crippen LogP contribution in [0.5, 0.6) is 0 Å². The van der Waals surface area contributed by atoms with Gasteiger partial charge in [0.15, 0.2) is 0 Å². The van der Waals surface area contributed by atoms with E-state index in [1.807, 2.05) is 20.8 Å². The average molecular weight is 303 g/mol. The summed E-state index contributed by atoms with van der Waals surface area (Å²) in [5, 5.41) is 3.00. The molecule has 1 amide bonds. The highest BCUT2D eigenvalue weighted by molar-refractivity contribution is 5.82. The number of nitrogens with zero attached hydrogens (tertiary/aromatic N) is 1. The molecule has 0 fully saturated rings. The number of carbonyl (C=O) groups is 1. The zero-order chi connectivity index (χ0) is 16.3. The number of nitrogens with one attached hydrogen (secondary N) is 1. The molecule has 0 spiro atoms. The molecule has 0 bridgehead atoms. The van der Waals surface area contributed by atoms with Gasteiger partial charge in [0.05, 0.1) is 6.04 Å². The lowest BCUT2D eigenvalue weighted by molar-refractivity contribution is -0.124. The number of nitrogens with two attached hydrogens (primary N) is 1. The normalized spacial score (nSPS) is 18.4. The molecule has 4 nitrogen and oxygen atoms in total. The van der Waals surface area contributed by atoms with Crippen molar-refractivity contribution in [1.82, 2.24) is 10.2 Å². The van der Waals surface area contributed by atoms with Crippen molar-refractivity contribution in [3.8, 4) is 0 Å². The quantitative estimate of drug-likeness (QED) is 0.893. The summed E-state index contributed by atoms with van der Waals surface area (Å²) in [4.78, 5) is 14.5. The van der Waals surface area contributed by atoms with Crippen LogP contribution in [0.15, 0.2) is 24.3 Å². The van der Waals surface area contributed by atoms with Crippen LogP contribution in [0.1, 0.15) is 38.8 Å². The summed E-state index contributed by atoms with van der Waals surface area (Å²) >= 11 is 0. The molecule has 0 saturated carbocycles. The molecular formula is C18H29N3O. The predicted octanol–water partition coefficient (Wildman–Crippen LogP) is 1.92. The standard InChI is InChI=1S/C18H29N3O/c1-13(11-20-17(22)16(19)18(2,3)4)21-10-9-14-7-5-6-8-15(14)12-21/h5-8,13,16H,9-12,19H2,1-4H3,(H,20,22)/t13?,16-/m1/s1. The summed E-state index contributed by atoms with van der Waals surface area (Å²) in [6, 6.07) is 8.44. The minimum atomic E-state index is -0.471. The van der Waals surface area contributed by atoms with Crippen LogP contribution in [0.25, 0.3) is 0 Å². The molecule has 1 aliphatic heterocycles. The first-order valence-electron chi connectivity index (χ1n) is 8.13. The second kappa shape index (κ2) is 6.80. The number of rotatable bonds is 4. The molecule has 3 N–H and O–H groups in total. The lowest BCUT2D eigenvalue weighted by Gasteiger charge is -2.34. The van der Waals surface area contributed by atoms with E-state index in [0.29, 0.717) is 12.6 Å². The van der Waals surface area contributed by atoms with Gasteiger partial charge in [-0.2, -0.15) is 0 Å². The number of benzene rings is 1. The van der Waals surface area contributed by atoms with E-state index in [2.05, 4.69) is 41.4 Å². The van der Waals surface area contributed by atoms with Gasteiger partial charge >= 0.3 is 0 Å². The molecule has 1 unspecified atom stereocenters. The monoisotopic (exact) mass is 303 g/mol. The zero-order valence-corrected chi connectivity index (χ0v) is 14.2. The molecule has 0 saturated heterocycles. The molecule has 122 valence electrons. The van der Waals surface area contributed by atoms with Gasteiger partial charge in [-0.05, 0) is 29.9 Å². The molecule has 1 aromatic carbocycles. The lowest BCUT2D eigenvalue weighted by atomic mass is 9.87. The average Bonchev–Trinajstić information content (AvgIpc) is 2.50. The van der Waals surface area contributed by atoms with Gasteiger partial charge in [-0.25, -0.2) is 0 Å². The Morgan fingerprint density at radius 3 is 2.59 bits per heavy atom. The molecule has 1 aromatic rings. The van der Waals surface area contributed by atoms with Crippen LogP contribution >= 0.6 is 0 Å². The molecule has 0 aromatic heterocycles. The fourth-order valence-corrected chi connectivity index (χ4v) is 2.77. The summed E-state index contributed by atoms with van der Waals surface area (Å²) in [6.45, 7) is 10.8. The number of fused-ring (bicyclic) bond motifs is 1. The Bertz CT molecular complexity index is 521. The van der Waals surface area contributed by atoms with E-state index in [4.69, 9.17) is 5.73 Å². The first-order chi connectivity index (χ1) is 10.3. The first-order valence-corrected chi connectivity index (χ1v) is 8.13. The second-order valence-electron chi connectivity index (χ2n) is 7.43. The Morgan fingerprint density at radius 2 is 1.95 bits per heavy atom. The van der Waals surface area contributed by atoms with Gasteiger partial charge in [0.25, 0.3) is 0 Å². The van der Waals surface area contributed by atoms with Gasteiger partial charge in [0, 0.05) is 25.7 Å². The van der Waals surface area contributed by atoms with Crippen molar-refractivity contribution in [2.24, 2.45) is 11.1 Å². The van der Waals surface area contributed by atoms with E-state index in [-0.39, 0.29) is 11.3 Å². The molecule has 22 heavy (non-hydrogen) atoms. The van der Waals surface area contributed by atoms with Crippen molar-refractivity contribution < 1.29 is 4.79 Å². The molecular weight excluding hydrogens is 274 g/mol. The molecule has 1 aliphatic rings. The topological polar surface area (TPSA) is 58.4 Å². The van der Waals surface area contributed by atoms with Gasteiger partial charge in [-0.1, -0.05) is 45.0 Å². The summed E-state index contributed by atoms with van der Waals surface area (Å²) in [5.41, 5.74) is 8.64. The Kier molecular flexibility index (Phi) is 5.24. The Labute approximate surface area is 134 Å². The fraction of sp³-hybridized carbons (Fsp3) is 0.611. The number of amides is 1. The maximum atomic E-state index is 12.1. The van der Waals surface area contributed by atoms with Crippen LogP contribution < -0.4 is 11.1 Å². The van der Waals surface area contributed by atoms with Gasteiger partial charge in [-0.15, -0.1) is 0 Å². The highest BCUT2D eigenvalue weighted by Crippen LogP contribution is 2.20. The van der Waals surface area contributed by atoms with Crippen molar-refractivity contribution in [3.05, 3.63) is 35.4 Å². The van der Waals surface area contributed by atoms with Crippen LogP contribution in [0, 0.1) is 5.41 Å². The zero-order valence-electron chi connectivity index (χ0n) is 14.2. The lowest BCUT2D eigenvalue weighted by Crippen LogP contribution is -2.52. The molecule has 0 aliphatic carbocycles. The largest absolute Gasteiger partial charge is 0.353 e. The number of carbonyl (C=O) groups excluding carboxylic acids is 1. The van der Waals surface area contributed by atoms with Gasteiger partial charge < -0.3 is 11.1 Å². The van der Waals surface area contributed by atoms with Crippen molar-refractivity contribution >= 4 is 5.91 Å². The van der Waals surface area contributed by atoms with Gasteiger partial charge in [0.2, 0.25) is 5.91 Å². The highest BCUT2D eigenvalue weighted by atomic mass is 16.2. The highest BCUT2D eigenvalue weighted by Gasteiger charge is 2.28. The van der Waals surface area contributed by atoms with E-state index in [0.717, 1.165) is 19.5 Å². The summed E-state index contributed by atoms with van der Waals surface area (Å²) < 4.78 is 0. The maximum Gasteiger partial charge on any atom is 0.237 e. The molecule has 4 heteroatoms. The van der Waals surface area contributed by atoms with Crippen LogP contribution in [-0.4, -0.2) is 36.0 Å². The molecule has 1 heterocycles. The van der Waals surface area contributed by atoms with Crippen LogP contribution in [0.3, 0.4) is 0 Å². The van der Waals surface area contributed by atoms with E-state index in [9.17, 15) is 4.79 Å². The number of hydrogen-bond donors (Lipinski definition) is 2. The summed E-state index contributed by atoms with van der Waals surface area (Å²) in [6.07, 6.45) is 1.08. The van der Waals surface area contributed by atoms with Gasteiger partial charge in [0.1, 0.15) is 0 Å². The molecule has 2 atom stereocenters. The SMILES string of the molecule is CC(CNC(=O)[C@@H](N)C(C)(C)C)N1CCc2ccccc2C1.